The third-order valence-electron chi connectivity index (χ3n) is 4.56. The van der Waals surface area contributed by atoms with Crippen LogP contribution in [-0.2, 0) is 23.8 Å². The van der Waals surface area contributed by atoms with Crippen LogP contribution in [0.25, 0.3) is 10.9 Å². The van der Waals surface area contributed by atoms with Gasteiger partial charge in [0.05, 0.1) is 17.7 Å². The molecule has 2 aromatic rings. The van der Waals surface area contributed by atoms with Crippen LogP contribution in [0.1, 0.15) is 29.3 Å². The van der Waals surface area contributed by atoms with Crippen molar-refractivity contribution >= 4 is 29.4 Å². The summed E-state index contributed by atoms with van der Waals surface area (Å²) in [5.74, 6) is 0. The molecule has 0 unspecified atom stereocenters. The van der Waals surface area contributed by atoms with E-state index >= 15 is 0 Å². The van der Waals surface area contributed by atoms with Gasteiger partial charge in [-0.3, -0.25) is 4.98 Å². The minimum Gasteiger partial charge on any atom is -0.450 e. The number of carbonyl (C=O) groups is 1. The quantitative estimate of drug-likeness (QED) is 0.720. The monoisotopic (exact) mass is 388 g/mol. The lowest BCUT2D eigenvalue weighted by Crippen LogP contribution is -2.33. The molecular weight excluding hydrogens is 369 g/mol. The fourth-order valence-corrected chi connectivity index (χ4v) is 3.24. The lowest BCUT2D eigenvalue weighted by Gasteiger charge is -2.18. The predicted molar refractivity (Wildman–Crippen MR) is 94.7 cm³/mol. The molecule has 1 aliphatic heterocycles. The van der Waals surface area contributed by atoms with Crippen LogP contribution in [0.3, 0.4) is 0 Å². The highest BCUT2D eigenvalue weighted by Gasteiger charge is 2.31. The largest absolute Gasteiger partial charge is 0.450 e. The summed E-state index contributed by atoms with van der Waals surface area (Å²) in [4.78, 5) is 18.0. The van der Waals surface area contributed by atoms with Crippen LogP contribution < -0.4 is 0 Å². The second-order valence-corrected chi connectivity index (χ2v) is 6.08. The number of carbonyl (C=O) groups excluding carboxylic acids is 1. The van der Waals surface area contributed by atoms with E-state index in [0.29, 0.717) is 38.1 Å². The summed E-state index contributed by atoms with van der Waals surface area (Å²) < 4.78 is 43.9. The third kappa shape index (κ3) is 3.87. The number of aromatic nitrogens is 1. The van der Waals surface area contributed by atoms with Crippen molar-refractivity contribution in [2.24, 2.45) is 0 Å². The first-order valence-corrected chi connectivity index (χ1v) is 8.22. The van der Waals surface area contributed by atoms with Gasteiger partial charge in [-0.25, -0.2) is 4.79 Å². The number of rotatable bonds is 1. The molecule has 1 aliphatic rings. The molecule has 0 saturated heterocycles. The topological polar surface area (TPSA) is 42.4 Å². The first-order valence-electron chi connectivity index (χ1n) is 8.22. The van der Waals surface area contributed by atoms with Crippen molar-refractivity contribution in [2.45, 2.75) is 32.9 Å². The zero-order valence-corrected chi connectivity index (χ0v) is 15.3. The lowest BCUT2D eigenvalue weighted by atomic mass is 9.97. The zero-order chi connectivity index (χ0) is 18.2. The summed E-state index contributed by atoms with van der Waals surface area (Å²) in [5, 5.41) is 0.719. The third-order valence-corrected chi connectivity index (χ3v) is 4.56. The average molecular weight is 389 g/mol. The van der Waals surface area contributed by atoms with Gasteiger partial charge in [-0.15, -0.1) is 12.4 Å². The number of hydrogen-bond donors (Lipinski definition) is 0. The Morgan fingerprint density at radius 3 is 2.62 bits per heavy atom. The summed E-state index contributed by atoms with van der Waals surface area (Å²) in [6.45, 7) is 4.92. The van der Waals surface area contributed by atoms with Crippen LogP contribution in [0.15, 0.2) is 18.2 Å². The minimum atomic E-state index is -4.39. The van der Waals surface area contributed by atoms with E-state index in [2.05, 4.69) is 4.98 Å². The van der Waals surface area contributed by atoms with Crippen LogP contribution in [0.5, 0.6) is 0 Å². The fourth-order valence-electron chi connectivity index (χ4n) is 3.24. The first-order chi connectivity index (χ1) is 11.8. The maximum atomic E-state index is 12.9. The van der Waals surface area contributed by atoms with Gasteiger partial charge in [0.1, 0.15) is 0 Å². The Morgan fingerprint density at radius 1 is 1.27 bits per heavy atom. The van der Waals surface area contributed by atoms with Crippen molar-refractivity contribution in [3.8, 4) is 0 Å². The number of hydrogen-bond acceptors (Lipinski definition) is 3. The number of aryl methyl sites for hydroxylation is 1. The number of halogens is 4. The van der Waals surface area contributed by atoms with Gasteiger partial charge in [-0.05, 0) is 43.5 Å². The normalized spacial score (nSPS) is 14.4. The Balaban J connectivity index is 0.00000243. The molecule has 0 N–H and O–H groups in total. The van der Waals surface area contributed by atoms with Crippen LogP contribution in [0, 0.1) is 6.92 Å². The molecule has 0 atom stereocenters. The SMILES string of the molecule is CCOC(=O)N1CCc2nc3cc(C(F)(F)F)ccc3c(C)c2CC1.Cl. The molecule has 0 bridgehead atoms. The van der Waals surface area contributed by atoms with Gasteiger partial charge in [-0.2, -0.15) is 13.2 Å². The molecule has 0 spiro atoms. The van der Waals surface area contributed by atoms with E-state index in [4.69, 9.17) is 4.74 Å². The smallest absolute Gasteiger partial charge is 0.416 e. The summed E-state index contributed by atoms with van der Waals surface area (Å²) >= 11 is 0. The maximum absolute atomic E-state index is 12.9. The van der Waals surface area contributed by atoms with Crippen LogP contribution in [0.2, 0.25) is 0 Å². The molecule has 1 aromatic carbocycles. The summed E-state index contributed by atoms with van der Waals surface area (Å²) in [6, 6.07) is 3.66. The maximum Gasteiger partial charge on any atom is 0.416 e. The summed E-state index contributed by atoms with van der Waals surface area (Å²) in [7, 11) is 0. The molecule has 142 valence electrons. The van der Waals surface area contributed by atoms with Crippen LogP contribution in [-0.4, -0.2) is 35.7 Å². The van der Waals surface area contributed by atoms with Gasteiger partial charge in [0.15, 0.2) is 0 Å². The molecule has 4 nitrogen and oxygen atoms in total. The molecular formula is C18H20ClF3N2O2. The lowest BCUT2D eigenvalue weighted by molar-refractivity contribution is -0.137. The number of amides is 1. The first kappa shape index (κ1) is 20.3. The predicted octanol–water partition coefficient (Wildman–Crippen LogP) is 4.54. The fraction of sp³-hybridized carbons (Fsp3) is 0.444. The number of benzene rings is 1. The van der Waals surface area contributed by atoms with E-state index < -0.39 is 11.7 Å². The van der Waals surface area contributed by atoms with Crippen LogP contribution >= 0.6 is 12.4 Å². The molecule has 0 radical (unpaired) electrons. The van der Waals surface area contributed by atoms with Crippen molar-refractivity contribution in [1.82, 2.24) is 9.88 Å². The van der Waals surface area contributed by atoms with Gasteiger partial charge in [0.2, 0.25) is 0 Å². The Bertz CT molecular complexity index is 824. The highest BCUT2D eigenvalue weighted by atomic mass is 35.5. The molecule has 0 aliphatic carbocycles. The highest BCUT2D eigenvalue weighted by Crippen LogP contribution is 2.33. The standard InChI is InChI=1S/C18H19F3N2O2.ClH/c1-3-25-17(24)23-8-6-14-11(2)13-5-4-12(18(19,20)21)10-16(13)22-15(14)7-9-23;/h4-5,10H,3,6-9H2,1-2H3;1H. The number of nitrogens with zero attached hydrogens (tertiary/aromatic N) is 2. The second kappa shape index (κ2) is 7.70. The Labute approximate surface area is 155 Å². The summed E-state index contributed by atoms with van der Waals surface area (Å²) in [6.07, 6.45) is -3.64. The van der Waals surface area contributed by atoms with Crippen molar-refractivity contribution in [3.05, 3.63) is 40.6 Å². The van der Waals surface area contributed by atoms with Gasteiger partial charge in [-0.1, -0.05) is 6.07 Å². The Hall–Kier alpha value is -2.02. The second-order valence-electron chi connectivity index (χ2n) is 6.08. The molecule has 26 heavy (non-hydrogen) atoms. The molecule has 0 saturated carbocycles. The number of ether oxygens (including phenoxy) is 1. The molecule has 8 heteroatoms. The van der Waals surface area contributed by atoms with Crippen molar-refractivity contribution in [1.29, 1.82) is 0 Å². The van der Waals surface area contributed by atoms with E-state index in [0.717, 1.165) is 34.3 Å². The van der Waals surface area contributed by atoms with E-state index in [-0.39, 0.29) is 18.5 Å². The molecule has 0 fully saturated rings. The van der Waals surface area contributed by atoms with E-state index in [1.54, 1.807) is 11.8 Å². The number of pyridine rings is 1. The van der Waals surface area contributed by atoms with Gasteiger partial charge in [0.25, 0.3) is 0 Å². The van der Waals surface area contributed by atoms with Gasteiger partial charge in [0, 0.05) is 30.6 Å². The number of fused-ring (bicyclic) bond motifs is 2. The highest BCUT2D eigenvalue weighted by molar-refractivity contribution is 5.85. The van der Waals surface area contributed by atoms with E-state index in [9.17, 15) is 18.0 Å². The molecule has 2 heterocycles. The molecule has 1 amide bonds. The van der Waals surface area contributed by atoms with Crippen molar-refractivity contribution < 1.29 is 22.7 Å². The van der Waals surface area contributed by atoms with Crippen molar-refractivity contribution in [3.63, 3.8) is 0 Å². The summed E-state index contributed by atoms with van der Waals surface area (Å²) in [5.41, 5.74) is 2.35. The van der Waals surface area contributed by atoms with Crippen LogP contribution in [0.4, 0.5) is 18.0 Å². The average Bonchev–Trinajstić information content (AvgIpc) is 2.77. The number of alkyl halides is 3. The minimum absolute atomic E-state index is 0. The van der Waals surface area contributed by atoms with E-state index in [1.165, 1.54) is 6.07 Å². The zero-order valence-electron chi connectivity index (χ0n) is 14.5. The van der Waals surface area contributed by atoms with Gasteiger partial charge >= 0.3 is 12.3 Å². The Kier molecular flexibility index (Phi) is 6.01. The van der Waals surface area contributed by atoms with E-state index in [1.807, 2.05) is 6.92 Å². The Morgan fingerprint density at radius 2 is 1.96 bits per heavy atom. The van der Waals surface area contributed by atoms with Crippen molar-refractivity contribution in [2.75, 3.05) is 19.7 Å². The molecule has 1 aromatic heterocycles. The molecule has 3 rings (SSSR count). The van der Waals surface area contributed by atoms with Gasteiger partial charge < -0.3 is 9.64 Å².